The van der Waals surface area contributed by atoms with Crippen LogP contribution < -0.4 is 4.99 Å². The second kappa shape index (κ2) is 2.03. The second-order valence-corrected chi connectivity index (χ2v) is 1.73. The molecule has 0 saturated heterocycles. The normalized spacial score (nSPS) is 18.7. The summed E-state index contributed by atoms with van der Waals surface area (Å²) in [5.74, 6) is 0. The van der Waals surface area contributed by atoms with Crippen molar-refractivity contribution in [2.45, 2.75) is 0 Å². The van der Waals surface area contributed by atoms with Crippen molar-refractivity contribution in [2.75, 3.05) is 6.54 Å². The molecule has 1 nitrogen and oxygen atoms in total. The van der Waals surface area contributed by atoms with Crippen LogP contribution >= 0.6 is 11.8 Å². The van der Waals surface area contributed by atoms with Crippen LogP contribution in [0.15, 0.2) is 11.5 Å². The van der Waals surface area contributed by atoms with Gasteiger partial charge in [0.05, 0.1) is 0 Å². The van der Waals surface area contributed by atoms with Gasteiger partial charge in [-0.2, -0.15) is 0 Å². The molecule has 0 bridgehead atoms. The standard InChI is InChI=1S/C4H5NS/c1-2-5-4-6-3-1/h1,3-4H,2H2/q+1. The maximum atomic E-state index is 3.93. The topological polar surface area (TPSA) is 14.1 Å². The van der Waals surface area contributed by atoms with E-state index in [1.54, 1.807) is 11.8 Å². The summed E-state index contributed by atoms with van der Waals surface area (Å²) in [6, 6.07) is 0. The lowest BCUT2D eigenvalue weighted by Gasteiger charge is -1.74. The number of thioether (sulfide) groups is 1. The minimum Gasteiger partial charge on any atom is -0.0309 e. The third-order valence-electron chi connectivity index (χ3n) is 0.521. The van der Waals surface area contributed by atoms with Crippen LogP contribution in [0.2, 0.25) is 0 Å². The van der Waals surface area contributed by atoms with E-state index >= 15 is 0 Å². The molecule has 0 spiro atoms. The van der Waals surface area contributed by atoms with Crippen molar-refractivity contribution in [3.63, 3.8) is 0 Å². The van der Waals surface area contributed by atoms with Gasteiger partial charge in [0.15, 0.2) is 0 Å². The first-order valence-corrected chi connectivity index (χ1v) is 2.73. The molecule has 1 rings (SSSR count). The summed E-state index contributed by atoms with van der Waals surface area (Å²) in [6.07, 6.45) is 2.03. The van der Waals surface area contributed by atoms with Crippen LogP contribution in [0.1, 0.15) is 0 Å². The van der Waals surface area contributed by atoms with E-state index in [0.717, 1.165) is 6.54 Å². The molecule has 0 N–H and O–H groups in total. The summed E-state index contributed by atoms with van der Waals surface area (Å²) in [6.45, 7) is 0.868. The van der Waals surface area contributed by atoms with Crippen LogP contribution in [0.25, 0.3) is 0 Å². The van der Waals surface area contributed by atoms with Gasteiger partial charge in [-0.1, -0.05) is 0 Å². The molecular weight excluding hydrogens is 94.1 g/mol. The van der Waals surface area contributed by atoms with Gasteiger partial charge in [0, 0.05) is 4.99 Å². The molecule has 1 aliphatic heterocycles. The Kier molecular flexibility index (Phi) is 1.33. The SMILES string of the molecule is C1=CSC=[N+]C1. The number of hydrogen-bond acceptors (Lipinski definition) is 2. The second-order valence-electron chi connectivity index (χ2n) is 0.978. The minimum atomic E-state index is 0.868. The smallest absolute Gasteiger partial charge is 0.0309 e. The molecule has 0 aromatic rings. The molecular formula is C4H5NS+. The van der Waals surface area contributed by atoms with E-state index in [0.29, 0.717) is 0 Å². The molecule has 6 heavy (non-hydrogen) atoms. The highest BCUT2D eigenvalue weighted by atomic mass is 32.2. The van der Waals surface area contributed by atoms with Gasteiger partial charge in [0.2, 0.25) is 6.54 Å². The average Bonchev–Trinajstić information content (AvgIpc) is 1.72. The zero-order valence-corrected chi connectivity index (χ0v) is 4.11. The van der Waals surface area contributed by atoms with Crippen LogP contribution in [0.5, 0.6) is 0 Å². The highest BCUT2D eigenvalue weighted by molar-refractivity contribution is 8.14. The minimum absolute atomic E-state index is 0.868. The van der Waals surface area contributed by atoms with Crippen LogP contribution in [0.3, 0.4) is 0 Å². The molecule has 0 saturated carbocycles. The van der Waals surface area contributed by atoms with Crippen molar-refractivity contribution < 1.29 is 0 Å². The number of aliphatic imine (C=N–C) groups is 1. The lowest BCUT2D eigenvalue weighted by molar-refractivity contribution is 1.13. The van der Waals surface area contributed by atoms with E-state index in [-0.39, 0.29) is 0 Å². The van der Waals surface area contributed by atoms with E-state index in [1.165, 1.54) is 0 Å². The predicted molar refractivity (Wildman–Crippen MR) is 29.8 cm³/mol. The van der Waals surface area contributed by atoms with Crippen LogP contribution in [-0.2, 0) is 0 Å². The van der Waals surface area contributed by atoms with Crippen LogP contribution in [0, 0.1) is 0 Å². The third-order valence-corrected chi connectivity index (χ3v) is 1.14. The summed E-state index contributed by atoms with van der Waals surface area (Å²) < 4.78 is 0. The number of nitrogens with zero attached hydrogens (tertiary/aromatic N) is 1. The first-order valence-electron chi connectivity index (χ1n) is 1.79. The Morgan fingerprint density at radius 2 is 2.67 bits per heavy atom. The van der Waals surface area contributed by atoms with Crippen molar-refractivity contribution in [2.24, 2.45) is 0 Å². The average molecular weight is 99.2 g/mol. The maximum absolute atomic E-state index is 3.93. The van der Waals surface area contributed by atoms with Crippen LogP contribution in [0.4, 0.5) is 0 Å². The largest absolute Gasteiger partial charge is 0.272 e. The Labute approximate surface area is 41.2 Å². The fourth-order valence-corrected chi connectivity index (χ4v) is 0.720. The predicted octanol–water partition coefficient (Wildman–Crippen LogP) is 0.611. The molecule has 2 heteroatoms. The molecule has 0 aliphatic carbocycles. The lowest BCUT2D eigenvalue weighted by atomic mass is 10.6. The van der Waals surface area contributed by atoms with E-state index in [4.69, 9.17) is 0 Å². The molecule has 0 fully saturated rings. The highest BCUT2D eigenvalue weighted by Gasteiger charge is 1.90. The Hall–Kier alpha value is -0.240. The van der Waals surface area contributed by atoms with Gasteiger partial charge >= 0.3 is 0 Å². The number of rotatable bonds is 0. The van der Waals surface area contributed by atoms with E-state index in [9.17, 15) is 0 Å². The lowest BCUT2D eigenvalue weighted by Crippen LogP contribution is -1.91. The van der Waals surface area contributed by atoms with Gasteiger partial charge in [-0.15, -0.1) is 0 Å². The molecule has 0 atom stereocenters. The van der Waals surface area contributed by atoms with E-state index < -0.39 is 0 Å². The molecule has 0 aromatic carbocycles. The Balaban J connectivity index is 2.40. The Bertz CT molecular complexity index is 65.5. The maximum Gasteiger partial charge on any atom is 0.272 e. The van der Waals surface area contributed by atoms with E-state index in [1.807, 2.05) is 17.0 Å². The molecule has 1 radical (unpaired) electrons. The molecule has 0 unspecified atom stereocenters. The quantitative estimate of drug-likeness (QED) is 0.434. The van der Waals surface area contributed by atoms with Gasteiger partial charge in [0.1, 0.15) is 0 Å². The summed E-state index contributed by atoms with van der Waals surface area (Å²) in [4.78, 5) is 3.93. The summed E-state index contributed by atoms with van der Waals surface area (Å²) >= 11 is 1.62. The van der Waals surface area contributed by atoms with Crippen molar-refractivity contribution in [3.8, 4) is 0 Å². The summed E-state index contributed by atoms with van der Waals surface area (Å²) in [5, 5.41) is 2.03. The van der Waals surface area contributed by atoms with Gasteiger partial charge < -0.3 is 0 Å². The molecule has 1 heterocycles. The third kappa shape index (κ3) is 0.863. The molecule has 31 valence electrons. The molecule has 0 aromatic heterocycles. The van der Waals surface area contributed by atoms with Crippen molar-refractivity contribution in [1.29, 1.82) is 0 Å². The zero-order valence-electron chi connectivity index (χ0n) is 3.29. The first kappa shape index (κ1) is 3.93. The Morgan fingerprint density at radius 3 is 2.83 bits per heavy atom. The zero-order chi connectivity index (χ0) is 4.24. The molecule has 1 aliphatic rings. The monoisotopic (exact) mass is 99.0 g/mol. The van der Waals surface area contributed by atoms with Crippen molar-refractivity contribution in [3.05, 3.63) is 11.5 Å². The fraction of sp³-hybridized carbons (Fsp3) is 0.250. The van der Waals surface area contributed by atoms with Gasteiger partial charge in [-0.25, -0.2) is 0 Å². The van der Waals surface area contributed by atoms with Crippen molar-refractivity contribution >= 4 is 17.3 Å². The van der Waals surface area contributed by atoms with Crippen molar-refractivity contribution in [1.82, 2.24) is 4.99 Å². The highest BCUT2D eigenvalue weighted by Crippen LogP contribution is 1.96. The Morgan fingerprint density at radius 1 is 1.67 bits per heavy atom. The first-order chi connectivity index (χ1) is 3.00. The van der Waals surface area contributed by atoms with Gasteiger partial charge in [-0.3, -0.25) is 0 Å². The van der Waals surface area contributed by atoms with Crippen LogP contribution in [-0.4, -0.2) is 12.1 Å². The summed E-state index contributed by atoms with van der Waals surface area (Å²) in [7, 11) is 0. The summed E-state index contributed by atoms with van der Waals surface area (Å²) in [5.41, 5.74) is 1.85. The van der Waals surface area contributed by atoms with Gasteiger partial charge in [0.25, 0.3) is 5.55 Å². The van der Waals surface area contributed by atoms with Gasteiger partial charge in [-0.05, 0) is 23.2 Å². The van der Waals surface area contributed by atoms with E-state index in [2.05, 4.69) is 4.99 Å². The number of hydrogen-bond donors (Lipinski definition) is 0. The molecule has 0 amide bonds. The fourth-order valence-electron chi connectivity index (χ4n) is 0.281.